The zero-order chi connectivity index (χ0) is 19.0. The number of rotatable bonds is 14. The molecule has 148 valence electrons. The van der Waals surface area contributed by atoms with Crippen LogP contribution in [0.25, 0.3) is 0 Å². The quantitative estimate of drug-likeness (QED) is 0.362. The van der Waals surface area contributed by atoms with Crippen molar-refractivity contribution in [2.45, 2.75) is 84.0 Å². The van der Waals surface area contributed by atoms with Crippen LogP contribution < -0.4 is 11.1 Å². The third kappa shape index (κ3) is 11.0. The van der Waals surface area contributed by atoms with E-state index in [4.69, 9.17) is 5.73 Å². The number of nitrogens with one attached hydrogen (secondary N) is 1. The van der Waals surface area contributed by atoms with Gasteiger partial charge in [-0.25, -0.2) is 0 Å². The van der Waals surface area contributed by atoms with Crippen molar-refractivity contribution in [2.24, 2.45) is 5.73 Å². The van der Waals surface area contributed by atoms with Crippen LogP contribution in [0.15, 0.2) is 24.0 Å². The lowest BCUT2D eigenvalue weighted by Gasteiger charge is -2.24. The van der Waals surface area contributed by atoms with Crippen LogP contribution in [0.2, 0.25) is 0 Å². The second-order valence-corrected chi connectivity index (χ2v) is 7.21. The molecular weight excluding hydrogens is 326 g/mol. The minimum Gasteiger partial charge on any atom is -0.372 e. The second kappa shape index (κ2) is 14.4. The molecule has 0 saturated heterocycles. The summed E-state index contributed by atoms with van der Waals surface area (Å²) in [7, 11) is 0. The average molecular weight is 364 g/mol. The number of carbonyl (C=O) groups is 2. The van der Waals surface area contributed by atoms with E-state index in [2.05, 4.69) is 17.1 Å². The van der Waals surface area contributed by atoms with E-state index < -0.39 is 11.8 Å². The lowest BCUT2D eigenvalue weighted by molar-refractivity contribution is -0.136. The van der Waals surface area contributed by atoms with Gasteiger partial charge in [-0.15, -0.1) is 0 Å². The van der Waals surface area contributed by atoms with Gasteiger partial charge >= 0.3 is 11.8 Å². The molecule has 5 heteroatoms. The van der Waals surface area contributed by atoms with E-state index in [1.165, 1.54) is 70.6 Å². The first-order valence-corrected chi connectivity index (χ1v) is 10.4. The molecule has 5 nitrogen and oxygen atoms in total. The van der Waals surface area contributed by atoms with Gasteiger partial charge in [-0.3, -0.25) is 9.59 Å². The van der Waals surface area contributed by atoms with Crippen LogP contribution >= 0.6 is 0 Å². The van der Waals surface area contributed by atoms with Crippen LogP contribution in [-0.2, 0) is 9.59 Å². The second-order valence-electron chi connectivity index (χ2n) is 7.21. The highest BCUT2D eigenvalue weighted by atomic mass is 16.2. The van der Waals surface area contributed by atoms with Crippen LogP contribution in [0.5, 0.6) is 0 Å². The Labute approximate surface area is 159 Å². The lowest BCUT2D eigenvalue weighted by atomic mass is 10.1. The van der Waals surface area contributed by atoms with Crippen LogP contribution in [0.1, 0.15) is 84.0 Å². The normalized spacial score (nSPS) is 13.6. The standard InChI is InChI=1S/C21H37N3O2/c1-2-3-4-5-6-7-8-9-10-11-12-13-16-24-17-14-15-19(18-24)23-21(26)20(22)25/h14-15,17H,2-13,16,18H2,1H3,(H2,22,25)(H,23,26). The summed E-state index contributed by atoms with van der Waals surface area (Å²) in [4.78, 5) is 24.3. The molecule has 1 rings (SSSR count). The van der Waals surface area contributed by atoms with Crippen molar-refractivity contribution in [1.82, 2.24) is 10.2 Å². The molecule has 0 aromatic heterocycles. The molecule has 3 N–H and O–H groups in total. The number of amides is 2. The maximum atomic E-state index is 11.3. The van der Waals surface area contributed by atoms with E-state index in [0.29, 0.717) is 6.54 Å². The molecule has 1 aliphatic heterocycles. The number of carbonyl (C=O) groups excluding carboxylic acids is 2. The zero-order valence-electron chi connectivity index (χ0n) is 16.5. The van der Waals surface area contributed by atoms with E-state index in [1.54, 1.807) is 6.08 Å². The van der Waals surface area contributed by atoms with Gasteiger partial charge in [0.25, 0.3) is 0 Å². The lowest BCUT2D eigenvalue weighted by Crippen LogP contribution is -2.39. The summed E-state index contributed by atoms with van der Waals surface area (Å²) < 4.78 is 0. The Morgan fingerprint density at radius 2 is 1.50 bits per heavy atom. The van der Waals surface area contributed by atoms with Gasteiger partial charge in [0, 0.05) is 12.2 Å². The average Bonchev–Trinajstić information content (AvgIpc) is 2.63. The van der Waals surface area contributed by atoms with Crippen LogP contribution in [0, 0.1) is 0 Å². The predicted molar refractivity (Wildman–Crippen MR) is 107 cm³/mol. The third-order valence-corrected chi connectivity index (χ3v) is 4.76. The van der Waals surface area contributed by atoms with Crippen LogP contribution in [0.3, 0.4) is 0 Å². The number of nitrogens with two attached hydrogens (primary N) is 1. The van der Waals surface area contributed by atoms with Crippen molar-refractivity contribution in [1.29, 1.82) is 0 Å². The summed E-state index contributed by atoms with van der Waals surface area (Å²) in [5, 5.41) is 2.55. The molecule has 1 aliphatic rings. The molecule has 1 heterocycles. The van der Waals surface area contributed by atoms with Gasteiger partial charge in [-0.2, -0.15) is 0 Å². The van der Waals surface area contributed by atoms with Crippen molar-refractivity contribution in [3.63, 3.8) is 0 Å². The first kappa shape index (κ1) is 22.3. The maximum absolute atomic E-state index is 11.3. The molecule has 0 saturated carbocycles. The number of allylic oxidation sites excluding steroid dienone is 2. The number of unbranched alkanes of at least 4 members (excludes halogenated alkanes) is 11. The van der Waals surface area contributed by atoms with Crippen molar-refractivity contribution >= 4 is 11.8 Å². The van der Waals surface area contributed by atoms with Gasteiger partial charge in [0.15, 0.2) is 0 Å². The number of hydrogen-bond donors (Lipinski definition) is 2. The predicted octanol–water partition coefficient (Wildman–Crippen LogP) is 4.00. The van der Waals surface area contributed by atoms with Crippen molar-refractivity contribution in [2.75, 3.05) is 13.1 Å². The monoisotopic (exact) mass is 363 g/mol. The van der Waals surface area contributed by atoms with Crippen molar-refractivity contribution < 1.29 is 9.59 Å². The SMILES string of the molecule is CCCCCCCCCCCCCCN1C=CC=C(NC(=O)C(N)=O)C1. The molecule has 0 radical (unpaired) electrons. The van der Waals surface area contributed by atoms with Crippen molar-refractivity contribution in [3.05, 3.63) is 24.0 Å². The molecule has 0 unspecified atom stereocenters. The molecule has 0 atom stereocenters. The van der Waals surface area contributed by atoms with Gasteiger partial charge in [0.2, 0.25) is 0 Å². The highest BCUT2D eigenvalue weighted by Gasteiger charge is 2.13. The molecular formula is C21H37N3O2. The van der Waals surface area contributed by atoms with E-state index in [9.17, 15) is 9.59 Å². The van der Waals surface area contributed by atoms with Crippen LogP contribution in [-0.4, -0.2) is 29.8 Å². The Bertz CT molecular complexity index is 472. The summed E-state index contributed by atoms with van der Waals surface area (Å²) in [5.74, 6) is -1.70. The highest BCUT2D eigenvalue weighted by molar-refractivity contribution is 6.34. The molecule has 0 bridgehead atoms. The summed E-state index contributed by atoms with van der Waals surface area (Å²) in [6.07, 6.45) is 21.8. The van der Waals surface area contributed by atoms with Crippen LogP contribution in [0.4, 0.5) is 0 Å². The van der Waals surface area contributed by atoms with Gasteiger partial charge in [0.05, 0.1) is 6.54 Å². The first-order chi connectivity index (χ1) is 12.6. The molecule has 0 aromatic carbocycles. The summed E-state index contributed by atoms with van der Waals surface area (Å²) in [5.41, 5.74) is 5.68. The molecule has 0 fully saturated rings. The zero-order valence-corrected chi connectivity index (χ0v) is 16.5. The third-order valence-electron chi connectivity index (χ3n) is 4.76. The number of primary amides is 1. The smallest absolute Gasteiger partial charge is 0.313 e. The molecule has 26 heavy (non-hydrogen) atoms. The Morgan fingerprint density at radius 1 is 0.962 bits per heavy atom. The fourth-order valence-corrected chi connectivity index (χ4v) is 3.20. The molecule has 2 amide bonds. The Kier molecular flexibility index (Phi) is 12.3. The molecule has 0 aromatic rings. The van der Waals surface area contributed by atoms with E-state index in [-0.39, 0.29) is 0 Å². The molecule has 0 aliphatic carbocycles. The van der Waals surface area contributed by atoms with Gasteiger partial charge in [0.1, 0.15) is 0 Å². The van der Waals surface area contributed by atoms with Crippen molar-refractivity contribution in [3.8, 4) is 0 Å². The Morgan fingerprint density at radius 3 is 2.04 bits per heavy atom. The van der Waals surface area contributed by atoms with E-state index in [1.807, 2.05) is 12.3 Å². The largest absolute Gasteiger partial charge is 0.372 e. The van der Waals surface area contributed by atoms with E-state index >= 15 is 0 Å². The van der Waals surface area contributed by atoms with E-state index in [0.717, 1.165) is 18.7 Å². The van der Waals surface area contributed by atoms with Gasteiger partial charge in [-0.1, -0.05) is 77.6 Å². The maximum Gasteiger partial charge on any atom is 0.313 e. The first-order valence-electron chi connectivity index (χ1n) is 10.4. The van der Waals surface area contributed by atoms with Gasteiger partial charge < -0.3 is 16.0 Å². The Balaban J connectivity index is 1.95. The fourth-order valence-electron chi connectivity index (χ4n) is 3.20. The Hall–Kier alpha value is -1.78. The minimum atomic E-state index is -0.951. The fraction of sp³-hybridized carbons (Fsp3) is 0.714. The van der Waals surface area contributed by atoms with Gasteiger partial charge in [-0.05, 0) is 24.8 Å². The summed E-state index contributed by atoms with van der Waals surface area (Å²) in [6.45, 7) is 3.85. The number of nitrogens with zero attached hydrogens (tertiary/aromatic N) is 1. The number of hydrogen-bond acceptors (Lipinski definition) is 3. The summed E-state index contributed by atoms with van der Waals surface area (Å²) in [6, 6.07) is 0. The minimum absolute atomic E-state index is 0.619. The molecule has 0 spiro atoms. The topological polar surface area (TPSA) is 75.4 Å². The summed E-state index contributed by atoms with van der Waals surface area (Å²) >= 11 is 0. The highest BCUT2D eigenvalue weighted by Crippen LogP contribution is 2.13.